The normalized spacial score (nSPS) is 13.8. The third-order valence-corrected chi connectivity index (χ3v) is 17.4. The molecule has 0 saturated heterocycles. The molecular weight excluding hydrogens is 205 g/mol. The van der Waals surface area contributed by atoms with Crippen molar-refractivity contribution in [3.63, 3.8) is 0 Å². The van der Waals surface area contributed by atoms with Crippen molar-refractivity contribution in [1.29, 1.82) is 0 Å². The highest BCUT2D eigenvalue weighted by Gasteiger charge is 2.09. The molecule has 0 aliphatic heterocycles. The van der Waals surface area contributed by atoms with E-state index in [1.54, 1.807) is 0 Å². The maximum atomic E-state index is 5.32. The van der Waals surface area contributed by atoms with Crippen molar-refractivity contribution in [2.24, 2.45) is 0 Å². The first-order chi connectivity index (χ1) is 3.71. The Morgan fingerprint density at radius 2 is 1.11 bits per heavy atom. The molecule has 5 heteroatoms. The highest BCUT2D eigenvalue weighted by atomic mass is 32.8. The van der Waals surface area contributed by atoms with Crippen LogP contribution in [0.1, 0.15) is 0 Å². The molecule has 56 valence electrons. The van der Waals surface area contributed by atoms with Crippen LogP contribution in [-0.2, 0) is 23.6 Å². The quantitative estimate of drug-likeness (QED) is 0.653. The van der Waals surface area contributed by atoms with Crippen LogP contribution >= 0.6 is 19.4 Å². The van der Waals surface area contributed by atoms with Gasteiger partial charge in [0.2, 0.25) is 0 Å². The van der Waals surface area contributed by atoms with Gasteiger partial charge in [0.15, 0.2) is 0 Å². The second-order valence-corrected chi connectivity index (χ2v) is 24.9. The summed E-state index contributed by atoms with van der Waals surface area (Å²) in [6.45, 7) is 8.76. The molecule has 0 aromatic heterocycles. The van der Waals surface area contributed by atoms with Gasteiger partial charge in [0.05, 0.1) is 0 Å². The zero-order chi connectivity index (χ0) is 7.71. The van der Waals surface area contributed by atoms with Gasteiger partial charge in [-0.25, -0.2) is 0 Å². The first-order valence-electron chi connectivity index (χ1n) is 2.60. The summed E-state index contributed by atoms with van der Waals surface area (Å²) >= 11 is 10.6. The fraction of sp³-hybridized carbons (Fsp3) is 1.00. The van der Waals surface area contributed by atoms with Crippen LogP contribution in [0.4, 0.5) is 0 Å². The van der Waals surface area contributed by atoms with Crippen LogP contribution in [0.5, 0.6) is 0 Å². The zero-order valence-electron chi connectivity index (χ0n) is 6.21. The first kappa shape index (κ1) is 10.7. The van der Waals surface area contributed by atoms with Crippen LogP contribution < -0.4 is 0 Å². The highest BCUT2D eigenvalue weighted by molar-refractivity contribution is 8.73. The summed E-state index contributed by atoms with van der Waals surface area (Å²) in [4.78, 5) is 0. The summed E-state index contributed by atoms with van der Waals surface area (Å²) in [5, 5.41) is 0. The molecule has 0 fully saturated rings. The van der Waals surface area contributed by atoms with E-state index in [0.717, 1.165) is 7.96 Å². The fourth-order valence-electron chi connectivity index (χ4n) is 0.580. The molecule has 0 rings (SSSR count). The van der Waals surface area contributed by atoms with Crippen molar-refractivity contribution < 1.29 is 0 Å². The highest BCUT2D eigenvalue weighted by Crippen LogP contribution is 2.77. The minimum absolute atomic E-state index is 0.903. The van der Waals surface area contributed by atoms with Gasteiger partial charge in [-0.1, -0.05) is 31.6 Å². The van der Waals surface area contributed by atoms with E-state index in [0.29, 0.717) is 0 Å². The standard InChI is InChI=1S/C4H13P3S2/c1-6(2,8)5-7(3,4)9/h5H,1-4H3. The molecule has 0 atom stereocenters. The Balaban J connectivity index is 4.07. The van der Waals surface area contributed by atoms with Crippen molar-refractivity contribution in [2.45, 2.75) is 0 Å². The van der Waals surface area contributed by atoms with Crippen molar-refractivity contribution in [2.75, 3.05) is 26.7 Å². The molecule has 0 unspecified atom stereocenters. The largest absolute Gasteiger partial charge is 0.0932 e. The minimum Gasteiger partial charge on any atom is -0.0932 e. The van der Waals surface area contributed by atoms with E-state index in [4.69, 9.17) is 23.6 Å². The fourth-order valence-corrected chi connectivity index (χ4v) is 28.1. The smallest absolute Gasteiger partial charge is 0.0263 e. The summed E-state index contributed by atoms with van der Waals surface area (Å²) < 4.78 is 0. The van der Waals surface area contributed by atoms with Gasteiger partial charge in [0.25, 0.3) is 0 Å². The second-order valence-electron chi connectivity index (χ2n) is 2.80. The molecule has 0 bridgehead atoms. The molecular formula is C4H13P3S2. The average molecular weight is 218 g/mol. The lowest BCUT2D eigenvalue weighted by atomic mass is 11.9. The summed E-state index contributed by atoms with van der Waals surface area (Å²) in [6, 6.07) is 0. The van der Waals surface area contributed by atoms with Gasteiger partial charge in [0.1, 0.15) is 0 Å². The first-order valence-corrected chi connectivity index (χ1v) is 12.7. The molecule has 0 aromatic rings. The van der Waals surface area contributed by atoms with Crippen LogP contribution in [0.3, 0.4) is 0 Å². The lowest BCUT2D eigenvalue weighted by molar-refractivity contribution is 2.27. The number of hydrogen-bond donors (Lipinski definition) is 0. The molecule has 0 spiro atoms. The summed E-state index contributed by atoms with van der Waals surface area (Å²) in [5.74, 6) is 0. The van der Waals surface area contributed by atoms with Gasteiger partial charge in [-0.2, -0.15) is 0 Å². The number of rotatable bonds is 2. The SMILES string of the molecule is CP(C)(=S)PP(C)(C)=S. The molecule has 0 aliphatic rings. The van der Waals surface area contributed by atoms with E-state index in [9.17, 15) is 0 Å². The topological polar surface area (TPSA) is 0 Å². The van der Waals surface area contributed by atoms with Gasteiger partial charge in [-0.3, -0.25) is 0 Å². The van der Waals surface area contributed by atoms with E-state index in [-0.39, 0.29) is 0 Å². The lowest BCUT2D eigenvalue weighted by Gasteiger charge is -2.16. The minimum atomic E-state index is -0.981. The average Bonchev–Trinajstić information content (AvgIpc) is 1.14. The van der Waals surface area contributed by atoms with Crippen LogP contribution in [0.15, 0.2) is 0 Å². The van der Waals surface area contributed by atoms with Crippen molar-refractivity contribution >= 4 is 43.0 Å². The number of hydrogen-bond acceptors (Lipinski definition) is 2. The van der Waals surface area contributed by atoms with Gasteiger partial charge in [0, 0.05) is 0 Å². The summed E-state index contributed by atoms with van der Waals surface area (Å²) in [6.07, 6.45) is 0. The van der Waals surface area contributed by atoms with Crippen molar-refractivity contribution in [3.8, 4) is 0 Å². The molecule has 0 radical (unpaired) electrons. The Kier molecular flexibility index (Phi) is 4.07. The van der Waals surface area contributed by atoms with E-state index in [1.807, 2.05) is 0 Å². The van der Waals surface area contributed by atoms with Crippen LogP contribution in [-0.4, -0.2) is 26.7 Å². The molecule has 9 heavy (non-hydrogen) atoms. The van der Waals surface area contributed by atoms with E-state index in [2.05, 4.69) is 26.7 Å². The maximum absolute atomic E-state index is 5.32. The van der Waals surface area contributed by atoms with Gasteiger partial charge < -0.3 is 0 Å². The maximum Gasteiger partial charge on any atom is -0.0263 e. The third-order valence-electron chi connectivity index (χ3n) is 0.482. The Hall–Kier alpha value is 1.73. The van der Waals surface area contributed by atoms with E-state index < -0.39 is 11.5 Å². The predicted molar refractivity (Wildman–Crippen MR) is 60.6 cm³/mol. The molecule has 0 saturated carbocycles. The van der Waals surface area contributed by atoms with Crippen LogP contribution in [0.2, 0.25) is 0 Å². The molecule has 0 aliphatic carbocycles. The summed E-state index contributed by atoms with van der Waals surface area (Å²) in [5.41, 5.74) is -1.96. The lowest BCUT2D eigenvalue weighted by Crippen LogP contribution is -1.64. The van der Waals surface area contributed by atoms with E-state index >= 15 is 0 Å². The van der Waals surface area contributed by atoms with Gasteiger partial charge in [-0.15, -0.1) is 0 Å². The predicted octanol–water partition coefficient (Wildman–Crippen LogP) is 2.97. The van der Waals surface area contributed by atoms with Crippen molar-refractivity contribution in [3.05, 3.63) is 0 Å². The van der Waals surface area contributed by atoms with Crippen LogP contribution in [0.25, 0.3) is 0 Å². The molecule has 0 heterocycles. The Morgan fingerprint density at radius 1 is 0.889 bits per heavy atom. The Bertz CT molecular complexity index is 154. The third kappa shape index (κ3) is 9.73. The Labute approximate surface area is 69.8 Å². The summed E-state index contributed by atoms with van der Waals surface area (Å²) in [7, 11) is 0.903. The van der Waals surface area contributed by atoms with E-state index in [1.165, 1.54) is 0 Å². The Morgan fingerprint density at radius 3 is 1.11 bits per heavy atom. The van der Waals surface area contributed by atoms with Crippen molar-refractivity contribution in [1.82, 2.24) is 0 Å². The zero-order valence-corrected chi connectivity index (χ0v) is 10.6. The van der Waals surface area contributed by atoms with Gasteiger partial charge >= 0.3 is 0 Å². The monoisotopic (exact) mass is 218 g/mol. The molecule has 0 nitrogen and oxygen atoms in total. The molecule has 0 amide bonds. The second kappa shape index (κ2) is 3.42. The van der Waals surface area contributed by atoms with Crippen LogP contribution in [0, 0.1) is 0 Å². The molecule has 0 aromatic carbocycles. The van der Waals surface area contributed by atoms with Gasteiger partial charge in [-0.05, 0) is 38.1 Å². The molecule has 0 N–H and O–H groups in total.